The van der Waals surface area contributed by atoms with Crippen molar-refractivity contribution in [3.05, 3.63) is 63.1 Å². The second kappa shape index (κ2) is 8.07. The summed E-state index contributed by atoms with van der Waals surface area (Å²) in [4.78, 5) is 16.0. The van der Waals surface area contributed by atoms with E-state index in [1.807, 2.05) is 18.2 Å². The summed E-state index contributed by atoms with van der Waals surface area (Å²) < 4.78 is 0. The van der Waals surface area contributed by atoms with Gasteiger partial charge in [-0.25, -0.2) is 0 Å². The maximum absolute atomic E-state index is 11.2. The van der Waals surface area contributed by atoms with Gasteiger partial charge in [-0.2, -0.15) is 0 Å². The van der Waals surface area contributed by atoms with Crippen LogP contribution in [0, 0.1) is 5.92 Å². The number of carbonyl (C=O) groups is 1. The summed E-state index contributed by atoms with van der Waals surface area (Å²) in [5.41, 5.74) is 5.26. The molecule has 0 radical (unpaired) electrons. The van der Waals surface area contributed by atoms with Crippen LogP contribution in [0.25, 0.3) is 0 Å². The third-order valence-electron chi connectivity index (χ3n) is 7.14. The van der Waals surface area contributed by atoms with E-state index in [1.165, 1.54) is 16.7 Å². The van der Waals surface area contributed by atoms with Crippen molar-refractivity contribution >= 4 is 34.9 Å². The average Bonchev–Trinajstić information content (AvgIpc) is 3.12. The fourth-order valence-corrected chi connectivity index (χ4v) is 6.01. The number of carboxylic acids is 1. The molecule has 0 amide bonds. The quantitative estimate of drug-likeness (QED) is 0.686. The molecule has 2 heterocycles. The molecule has 2 aromatic rings. The summed E-state index contributed by atoms with van der Waals surface area (Å²) in [6.07, 6.45) is 3.78. The molecule has 6 heteroatoms. The fraction of sp³-hybridized carbons (Fsp3) is 0.458. The molecular formula is C24H26Cl2N2O2. The lowest BCUT2D eigenvalue weighted by Gasteiger charge is -2.42. The van der Waals surface area contributed by atoms with Crippen molar-refractivity contribution in [2.75, 3.05) is 31.1 Å². The van der Waals surface area contributed by atoms with Gasteiger partial charge in [0.05, 0.1) is 21.7 Å². The number of aryl methyl sites for hydroxylation is 1. The molecule has 158 valence electrons. The van der Waals surface area contributed by atoms with Crippen LogP contribution in [0.3, 0.4) is 0 Å². The van der Waals surface area contributed by atoms with Crippen LogP contribution in [0.1, 0.15) is 47.9 Å². The highest BCUT2D eigenvalue weighted by Gasteiger charge is 2.35. The average molecular weight is 445 g/mol. The Hall–Kier alpha value is -1.75. The smallest absolute Gasteiger partial charge is 0.306 e. The van der Waals surface area contributed by atoms with Gasteiger partial charge in [0.15, 0.2) is 0 Å². The van der Waals surface area contributed by atoms with Crippen molar-refractivity contribution in [1.82, 2.24) is 4.90 Å². The number of nitrogens with zero attached hydrogens (tertiary/aromatic N) is 2. The molecule has 0 aromatic heterocycles. The Bertz CT molecular complexity index is 945. The van der Waals surface area contributed by atoms with E-state index in [-0.39, 0.29) is 5.92 Å². The Kier molecular flexibility index (Phi) is 5.42. The van der Waals surface area contributed by atoms with Crippen LogP contribution < -0.4 is 4.90 Å². The second-order valence-electron chi connectivity index (χ2n) is 8.83. The van der Waals surface area contributed by atoms with Crippen LogP contribution in [0.4, 0.5) is 5.69 Å². The van der Waals surface area contributed by atoms with Gasteiger partial charge in [0.2, 0.25) is 0 Å². The molecule has 2 aromatic carbocycles. The maximum atomic E-state index is 11.2. The Balaban J connectivity index is 1.25. The van der Waals surface area contributed by atoms with Crippen LogP contribution in [-0.2, 0) is 11.2 Å². The van der Waals surface area contributed by atoms with E-state index in [1.54, 1.807) is 0 Å². The van der Waals surface area contributed by atoms with Gasteiger partial charge < -0.3 is 10.0 Å². The highest BCUT2D eigenvalue weighted by Crippen LogP contribution is 2.42. The number of hydrogen-bond acceptors (Lipinski definition) is 3. The monoisotopic (exact) mass is 444 g/mol. The van der Waals surface area contributed by atoms with E-state index in [4.69, 9.17) is 23.2 Å². The number of benzene rings is 2. The lowest BCUT2D eigenvalue weighted by molar-refractivity contribution is -0.143. The third-order valence-corrected chi connectivity index (χ3v) is 7.75. The van der Waals surface area contributed by atoms with Crippen molar-refractivity contribution in [3.8, 4) is 0 Å². The summed E-state index contributed by atoms with van der Waals surface area (Å²) in [6, 6.07) is 13.1. The predicted octanol–water partition coefficient (Wildman–Crippen LogP) is 5.38. The number of para-hydroxylation sites is 1. The second-order valence-corrected chi connectivity index (χ2v) is 9.65. The zero-order valence-electron chi connectivity index (χ0n) is 16.9. The standard InChI is InChI=1S/C24H26Cl2N2O2/c25-20-2-1-3-21(26)23(20)28-13-18(14-28)16-4-6-19-17(12-16)5-7-22(19)27-10-8-15(9-11-27)24(29)30/h1-4,6,12,15,18,22H,5,7-11,13-14H2,(H,29,30). The predicted molar refractivity (Wildman–Crippen MR) is 121 cm³/mol. The highest BCUT2D eigenvalue weighted by atomic mass is 35.5. The Morgan fingerprint density at radius 1 is 1.00 bits per heavy atom. The maximum Gasteiger partial charge on any atom is 0.306 e. The van der Waals surface area contributed by atoms with E-state index in [9.17, 15) is 9.90 Å². The van der Waals surface area contributed by atoms with Gasteiger partial charge in [-0.15, -0.1) is 0 Å². The summed E-state index contributed by atoms with van der Waals surface area (Å²) in [5, 5.41) is 10.7. The Morgan fingerprint density at radius 3 is 2.37 bits per heavy atom. The number of likely N-dealkylation sites (tertiary alicyclic amines) is 1. The highest BCUT2D eigenvalue weighted by molar-refractivity contribution is 6.39. The normalized spacial score (nSPS) is 22.7. The molecule has 1 aliphatic carbocycles. The first-order valence-corrected chi connectivity index (χ1v) is 11.6. The van der Waals surface area contributed by atoms with Gasteiger partial charge in [0.25, 0.3) is 0 Å². The van der Waals surface area contributed by atoms with Gasteiger partial charge in [0, 0.05) is 25.0 Å². The molecule has 4 nitrogen and oxygen atoms in total. The first-order valence-electron chi connectivity index (χ1n) is 10.8. The minimum atomic E-state index is -0.640. The van der Waals surface area contributed by atoms with Crippen LogP contribution in [0.5, 0.6) is 0 Å². The minimum absolute atomic E-state index is 0.169. The van der Waals surface area contributed by atoms with Crippen LogP contribution >= 0.6 is 23.2 Å². The molecule has 5 rings (SSSR count). The van der Waals surface area contributed by atoms with Gasteiger partial charge in [-0.1, -0.05) is 47.5 Å². The lowest BCUT2D eigenvalue weighted by Crippen LogP contribution is -2.45. The van der Waals surface area contributed by atoms with Crippen LogP contribution in [-0.4, -0.2) is 42.2 Å². The fourth-order valence-electron chi connectivity index (χ4n) is 5.37. The van der Waals surface area contributed by atoms with Crippen molar-refractivity contribution in [1.29, 1.82) is 0 Å². The summed E-state index contributed by atoms with van der Waals surface area (Å²) in [5.74, 6) is -0.301. The number of aliphatic carboxylic acids is 1. The van der Waals surface area contributed by atoms with Crippen molar-refractivity contribution < 1.29 is 9.90 Å². The molecular weight excluding hydrogens is 419 g/mol. The van der Waals surface area contributed by atoms with Crippen molar-refractivity contribution in [3.63, 3.8) is 0 Å². The SMILES string of the molecule is O=C(O)C1CCN(C2CCc3cc(C4CN(c5c(Cl)cccc5Cl)C4)ccc32)CC1. The summed E-state index contributed by atoms with van der Waals surface area (Å²) in [6.45, 7) is 3.65. The number of hydrogen-bond donors (Lipinski definition) is 1. The van der Waals surface area contributed by atoms with E-state index in [2.05, 4.69) is 28.0 Å². The van der Waals surface area contributed by atoms with Crippen molar-refractivity contribution in [2.45, 2.75) is 37.6 Å². The van der Waals surface area contributed by atoms with Crippen LogP contribution in [0.15, 0.2) is 36.4 Å². The van der Waals surface area contributed by atoms with E-state index >= 15 is 0 Å². The molecule has 2 saturated heterocycles. The zero-order chi connectivity index (χ0) is 20.8. The Labute approximate surface area is 187 Å². The first kappa shape index (κ1) is 20.2. The molecule has 0 spiro atoms. The summed E-state index contributed by atoms with van der Waals surface area (Å²) in [7, 11) is 0. The molecule has 0 saturated carbocycles. The molecule has 1 N–H and O–H groups in total. The molecule has 2 aliphatic heterocycles. The van der Waals surface area contributed by atoms with Gasteiger partial charge in [-0.05, 0) is 67.6 Å². The topological polar surface area (TPSA) is 43.8 Å². The molecule has 2 fully saturated rings. The largest absolute Gasteiger partial charge is 0.481 e. The number of carboxylic acid groups (broad SMARTS) is 1. The van der Waals surface area contributed by atoms with E-state index in [0.29, 0.717) is 22.0 Å². The van der Waals surface area contributed by atoms with E-state index < -0.39 is 5.97 Å². The number of halogens is 2. The molecule has 0 bridgehead atoms. The molecule has 1 unspecified atom stereocenters. The zero-order valence-corrected chi connectivity index (χ0v) is 18.4. The third kappa shape index (κ3) is 3.59. The molecule has 30 heavy (non-hydrogen) atoms. The number of piperidine rings is 1. The minimum Gasteiger partial charge on any atom is -0.481 e. The number of anilines is 1. The molecule has 1 atom stereocenters. The summed E-state index contributed by atoms with van der Waals surface area (Å²) >= 11 is 12.7. The van der Waals surface area contributed by atoms with E-state index in [0.717, 1.165) is 57.5 Å². The van der Waals surface area contributed by atoms with Crippen molar-refractivity contribution in [2.24, 2.45) is 5.92 Å². The first-order chi connectivity index (χ1) is 14.5. The van der Waals surface area contributed by atoms with Gasteiger partial charge in [-0.3, -0.25) is 9.69 Å². The van der Waals surface area contributed by atoms with Crippen LogP contribution in [0.2, 0.25) is 10.0 Å². The van der Waals surface area contributed by atoms with Gasteiger partial charge in [0.1, 0.15) is 0 Å². The lowest BCUT2D eigenvalue weighted by atomic mass is 9.88. The number of fused-ring (bicyclic) bond motifs is 1. The number of rotatable bonds is 4. The van der Waals surface area contributed by atoms with Gasteiger partial charge >= 0.3 is 5.97 Å². The Morgan fingerprint density at radius 2 is 1.70 bits per heavy atom. The molecule has 3 aliphatic rings.